The van der Waals surface area contributed by atoms with Gasteiger partial charge < -0.3 is 5.32 Å². The highest BCUT2D eigenvalue weighted by molar-refractivity contribution is 7.86. The number of nitrogens with one attached hydrogen (secondary N) is 1. The Balaban J connectivity index is 2.04. The quantitative estimate of drug-likeness (QED) is 0.847. The summed E-state index contributed by atoms with van der Waals surface area (Å²) in [5.41, 5.74) is 1.07. The summed E-state index contributed by atoms with van der Waals surface area (Å²) in [6.07, 6.45) is 2.21. The first-order valence-corrected chi connectivity index (χ1v) is 9.79. The van der Waals surface area contributed by atoms with E-state index in [2.05, 4.69) is 5.32 Å². The lowest BCUT2D eigenvalue weighted by atomic mass is 9.97. The molecule has 1 fully saturated rings. The van der Waals surface area contributed by atoms with Crippen LogP contribution in [0.5, 0.6) is 0 Å². The average Bonchev–Trinajstić information content (AvgIpc) is 2.60. The summed E-state index contributed by atoms with van der Waals surface area (Å²) in [6.45, 7) is 2.75. The Morgan fingerprint density at radius 2 is 2.00 bits per heavy atom. The Bertz CT molecular complexity index is 646. The van der Waals surface area contributed by atoms with Gasteiger partial charge in [-0.25, -0.2) is 0 Å². The molecule has 0 saturated carbocycles. The molecule has 2 atom stereocenters. The summed E-state index contributed by atoms with van der Waals surface area (Å²) in [6, 6.07) is 9.81. The van der Waals surface area contributed by atoms with Gasteiger partial charge in [0, 0.05) is 27.2 Å². The van der Waals surface area contributed by atoms with Crippen LogP contribution >= 0.6 is 0 Å². The van der Waals surface area contributed by atoms with E-state index >= 15 is 0 Å². The molecule has 134 valence electrons. The summed E-state index contributed by atoms with van der Waals surface area (Å²) in [5, 5.41) is 3.08. The third-order valence-electron chi connectivity index (χ3n) is 4.47. The van der Waals surface area contributed by atoms with Crippen molar-refractivity contribution in [2.45, 2.75) is 32.2 Å². The molecule has 1 aliphatic heterocycles. The molecule has 0 radical (unpaired) electrons. The molecule has 0 spiro atoms. The van der Waals surface area contributed by atoms with Crippen molar-refractivity contribution in [3.63, 3.8) is 0 Å². The van der Waals surface area contributed by atoms with Gasteiger partial charge in [0.25, 0.3) is 10.2 Å². The van der Waals surface area contributed by atoms with Crippen molar-refractivity contribution >= 4 is 16.1 Å². The van der Waals surface area contributed by atoms with Gasteiger partial charge in [0.05, 0.1) is 12.0 Å². The number of hydrogen-bond donors (Lipinski definition) is 1. The van der Waals surface area contributed by atoms with Gasteiger partial charge in [0.2, 0.25) is 5.91 Å². The standard InChI is InChI=1S/C17H27N3O3S/c1-4-16(14-9-6-5-7-10-14)18-17(21)15-11-8-12-20(13-15)24(22,23)19(2)3/h5-7,9-10,15-16H,4,8,11-13H2,1-3H3,(H,18,21)/t15-,16+/m0/s1. The van der Waals surface area contributed by atoms with Crippen LogP contribution in [0.15, 0.2) is 30.3 Å². The third kappa shape index (κ3) is 4.34. The minimum absolute atomic E-state index is 0.0421. The molecule has 0 aromatic heterocycles. The monoisotopic (exact) mass is 353 g/mol. The molecule has 1 aromatic carbocycles. The van der Waals surface area contributed by atoms with Crippen LogP contribution in [0.1, 0.15) is 37.8 Å². The van der Waals surface area contributed by atoms with E-state index in [1.54, 1.807) is 0 Å². The fraction of sp³-hybridized carbons (Fsp3) is 0.588. The van der Waals surface area contributed by atoms with Crippen molar-refractivity contribution in [3.05, 3.63) is 35.9 Å². The molecule has 0 bridgehead atoms. The summed E-state index contributed by atoms with van der Waals surface area (Å²) in [4.78, 5) is 12.6. The van der Waals surface area contributed by atoms with E-state index in [1.807, 2.05) is 37.3 Å². The van der Waals surface area contributed by atoms with E-state index in [9.17, 15) is 13.2 Å². The van der Waals surface area contributed by atoms with Crippen LogP contribution in [0.4, 0.5) is 0 Å². The van der Waals surface area contributed by atoms with Crippen LogP contribution in [0, 0.1) is 5.92 Å². The van der Waals surface area contributed by atoms with Crippen LogP contribution in [0.3, 0.4) is 0 Å². The van der Waals surface area contributed by atoms with Gasteiger partial charge in [-0.1, -0.05) is 37.3 Å². The Hall–Kier alpha value is -1.44. The minimum Gasteiger partial charge on any atom is -0.349 e. The van der Waals surface area contributed by atoms with Gasteiger partial charge >= 0.3 is 0 Å². The molecule has 1 aliphatic rings. The summed E-state index contributed by atoms with van der Waals surface area (Å²) >= 11 is 0. The lowest BCUT2D eigenvalue weighted by Crippen LogP contribution is -2.49. The molecule has 6 nitrogen and oxygen atoms in total. The number of carbonyl (C=O) groups is 1. The smallest absolute Gasteiger partial charge is 0.281 e. The molecular formula is C17H27N3O3S. The van der Waals surface area contributed by atoms with E-state index in [1.165, 1.54) is 22.7 Å². The lowest BCUT2D eigenvalue weighted by Gasteiger charge is -2.33. The largest absolute Gasteiger partial charge is 0.349 e. The highest BCUT2D eigenvalue weighted by Crippen LogP contribution is 2.22. The predicted molar refractivity (Wildman–Crippen MR) is 94.5 cm³/mol. The zero-order valence-corrected chi connectivity index (χ0v) is 15.4. The Labute approximate surface area is 145 Å². The maximum Gasteiger partial charge on any atom is 0.281 e. The molecule has 24 heavy (non-hydrogen) atoms. The van der Waals surface area contributed by atoms with Crippen LogP contribution in [-0.4, -0.2) is 50.1 Å². The normalized spacial score (nSPS) is 20.8. The number of amides is 1. The van der Waals surface area contributed by atoms with Gasteiger partial charge in [-0.2, -0.15) is 17.0 Å². The number of carbonyl (C=O) groups excluding carboxylic acids is 1. The number of rotatable bonds is 6. The van der Waals surface area contributed by atoms with Gasteiger partial charge in [0.1, 0.15) is 0 Å². The molecular weight excluding hydrogens is 326 g/mol. The SMILES string of the molecule is CC[C@@H](NC(=O)[C@H]1CCCN(S(=O)(=O)N(C)C)C1)c1ccccc1. The zero-order chi connectivity index (χ0) is 17.7. The zero-order valence-electron chi connectivity index (χ0n) is 14.6. The molecule has 1 amide bonds. The molecule has 0 aliphatic carbocycles. The second-order valence-corrected chi connectivity index (χ2v) is 8.51. The molecule has 1 aromatic rings. The fourth-order valence-corrected chi connectivity index (χ4v) is 4.18. The summed E-state index contributed by atoms with van der Waals surface area (Å²) < 4.78 is 27.2. The van der Waals surface area contributed by atoms with Crippen molar-refractivity contribution in [3.8, 4) is 0 Å². The third-order valence-corrected chi connectivity index (χ3v) is 6.38. The molecule has 1 heterocycles. The van der Waals surface area contributed by atoms with E-state index in [4.69, 9.17) is 0 Å². The second-order valence-electron chi connectivity index (χ2n) is 6.37. The van der Waals surface area contributed by atoms with Crippen LogP contribution in [0.25, 0.3) is 0 Å². The van der Waals surface area contributed by atoms with Crippen LogP contribution in [0.2, 0.25) is 0 Å². The molecule has 7 heteroatoms. The maximum atomic E-state index is 12.6. The Morgan fingerprint density at radius 1 is 1.33 bits per heavy atom. The van der Waals surface area contributed by atoms with Crippen molar-refractivity contribution in [1.82, 2.24) is 13.9 Å². The van der Waals surface area contributed by atoms with Crippen molar-refractivity contribution in [2.24, 2.45) is 5.92 Å². The average molecular weight is 353 g/mol. The van der Waals surface area contributed by atoms with E-state index < -0.39 is 10.2 Å². The topological polar surface area (TPSA) is 69.7 Å². The van der Waals surface area contributed by atoms with E-state index in [0.29, 0.717) is 13.0 Å². The van der Waals surface area contributed by atoms with Gasteiger partial charge in [0.15, 0.2) is 0 Å². The first kappa shape index (κ1) is 18.9. The fourth-order valence-electron chi connectivity index (χ4n) is 2.99. The van der Waals surface area contributed by atoms with Gasteiger partial charge in [-0.3, -0.25) is 4.79 Å². The minimum atomic E-state index is -3.47. The van der Waals surface area contributed by atoms with Gasteiger partial charge in [-0.05, 0) is 24.8 Å². The highest BCUT2D eigenvalue weighted by Gasteiger charge is 2.34. The molecule has 2 rings (SSSR count). The molecule has 1 N–H and O–H groups in total. The Morgan fingerprint density at radius 3 is 2.58 bits per heavy atom. The number of hydrogen-bond acceptors (Lipinski definition) is 3. The van der Waals surface area contributed by atoms with Crippen molar-refractivity contribution < 1.29 is 13.2 Å². The molecule has 0 unspecified atom stereocenters. The Kier molecular flexibility index (Phi) is 6.37. The predicted octanol–water partition coefficient (Wildman–Crippen LogP) is 1.77. The maximum absolute atomic E-state index is 12.6. The van der Waals surface area contributed by atoms with Crippen LogP contribution < -0.4 is 5.32 Å². The summed E-state index contributed by atoms with van der Waals surface area (Å²) in [5.74, 6) is -0.365. The first-order valence-electron chi connectivity index (χ1n) is 8.39. The first-order chi connectivity index (χ1) is 11.4. The molecule has 1 saturated heterocycles. The summed E-state index contributed by atoms with van der Waals surface area (Å²) in [7, 11) is -0.435. The number of nitrogens with zero attached hydrogens (tertiary/aromatic N) is 2. The van der Waals surface area contributed by atoms with Crippen molar-refractivity contribution in [1.29, 1.82) is 0 Å². The van der Waals surface area contributed by atoms with Crippen LogP contribution in [-0.2, 0) is 15.0 Å². The second kappa shape index (κ2) is 8.09. The van der Waals surface area contributed by atoms with E-state index in [-0.39, 0.29) is 24.4 Å². The number of piperidine rings is 1. The highest BCUT2D eigenvalue weighted by atomic mass is 32.2. The number of benzene rings is 1. The van der Waals surface area contributed by atoms with Crippen molar-refractivity contribution in [2.75, 3.05) is 27.2 Å². The van der Waals surface area contributed by atoms with E-state index in [0.717, 1.165) is 18.4 Å². The van der Waals surface area contributed by atoms with Gasteiger partial charge in [-0.15, -0.1) is 0 Å². The lowest BCUT2D eigenvalue weighted by molar-refractivity contribution is -0.126.